The van der Waals surface area contributed by atoms with Gasteiger partial charge in [0, 0.05) is 24.7 Å². The van der Waals surface area contributed by atoms with Crippen LogP contribution >= 0.6 is 0 Å². The molecule has 0 aromatic carbocycles. The average molecular weight is 372 g/mol. The Labute approximate surface area is 150 Å². The fourth-order valence-electron chi connectivity index (χ4n) is 2.70. The van der Waals surface area contributed by atoms with Crippen molar-refractivity contribution in [3.8, 4) is 0 Å². The zero-order valence-corrected chi connectivity index (χ0v) is 15.1. The summed E-state index contributed by atoms with van der Waals surface area (Å²) < 4.78 is 44.6. The first kappa shape index (κ1) is 20.2. The molecule has 0 N–H and O–H groups in total. The van der Waals surface area contributed by atoms with E-state index in [0.29, 0.717) is 19.4 Å². The minimum atomic E-state index is -4.52. The second-order valence-electron chi connectivity index (χ2n) is 7.44. The van der Waals surface area contributed by atoms with Gasteiger partial charge in [0.05, 0.1) is 11.5 Å². The molecule has 1 saturated heterocycles. The van der Waals surface area contributed by atoms with Crippen LogP contribution in [-0.4, -0.2) is 36.4 Å². The van der Waals surface area contributed by atoms with Gasteiger partial charge < -0.3 is 9.64 Å². The van der Waals surface area contributed by atoms with E-state index in [4.69, 9.17) is 4.74 Å². The number of alkyl halides is 3. The number of ketones is 1. The highest BCUT2D eigenvalue weighted by molar-refractivity contribution is 5.87. The van der Waals surface area contributed by atoms with E-state index in [1.165, 1.54) is 17.2 Å². The van der Waals surface area contributed by atoms with Crippen LogP contribution in [0.15, 0.2) is 18.3 Å². The zero-order chi connectivity index (χ0) is 19.5. The Morgan fingerprint density at radius 1 is 1.31 bits per heavy atom. The first-order valence-corrected chi connectivity index (χ1v) is 8.47. The number of Topliss-reactive ketones (excluding diaryl/α,β-unsaturated/α-hetero) is 1. The molecule has 2 rings (SSSR count). The molecule has 0 saturated carbocycles. The number of carbonyl (C=O) groups excluding carboxylic acids is 2. The van der Waals surface area contributed by atoms with Gasteiger partial charge in [0.15, 0.2) is 12.4 Å². The maximum absolute atomic E-state index is 13.2. The molecule has 8 heteroatoms. The highest BCUT2D eigenvalue weighted by Gasteiger charge is 2.37. The number of rotatable bonds is 4. The van der Waals surface area contributed by atoms with E-state index in [-0.39, 0.29) is 24.8 Å². The van der Waals surface area contributed by atoms with Crippen LogP contribution in [0.4, 0.5) is 19.0 Å². The molecule has 26 heavy (non-hydrogen) atoms. The van der Waals surface area contributed by atoms with Crippen LogP contribution < -0.4 is 4.90 Å². The monoisotopic (exact) mass is 372 g/mol. The summed E-state index contributed by atoms with van der Waals surface area (Å²) in [6.07, 6.45) is -2.17. The Bertz CT molecular complexity index is 668. The molecule has 144 valence electrons. The number of aromatic nitrogens is 1. The Kier molecular flexibility index (Phi) is 5.93. The molecular weight excluding hydrogens is 349 g/mol. The van der Waals surface area contributed by atoms with E-state index >= 15 is 0 Å². The van der Waals surface area contributed by atoms with Gasteiger partial charge in [-0.2, -0.15) is 13.2 Å². The van der Waals surface area contributed by atoms with Gasteiger partial charge in [-0.15, -0.1) is 0 Å². The van der Waals surface area contributed by atoms with Crippen LogP contribution in [0.2, 0.25) is 0 Å². The van der Waals surface area contributed by atoms with Gasteiger partial charge in [-0.3, -0.25) is 9.59 Å². The Morgan fingerprint density at radius 3 is 2.62 bits per heavy atom. The van der Waals surface area contributed by atoms with Crippen LogP contribution in [0.25, 0.3) is 0 Å². The summed E-state index contributed by atoms with van der Waals surface area (Å²) in [4.78, 5) is 29.4. The second-order valence-corrected chi connectivity index (χ2v) is 7.44. The predicted molar refractivity (Wildman–Crippen MR) is 89.6 cm³/mol. The predicted octanol–water partition coefficient (Wildman–Crippen LogP) is 3.48. The van der Waals surface area contributed by atoms with Gasteiger partial charge in [0.25, 0.3) is 0 Å². The van der Waals surface area contributed by atoms with E-state index in [2.05, 4.69) is 4.98 Å². The molecule has 1 aliphatic rings. The lowest BCUT2D eigenvalue weighted by Crippen LogP contribution is -2.41. The molecule has 1 atom stereocenters. The number of hydrogen-bond donors (Lipinski definition) is 0. The van der Waals surface area contributed by atoms with Gasteiger partial charge in [-0.05, 0) is 25.0 Å². The van der Waals surface area contributed by atoms with E-state index in [1.54, 1.807) is 20.8 Å². The summed E-state index contributed by atoms with van der Waals surface area (Å²) in [5.41, 5.74) is -1.44. The highest BCUT2D eigenvalue weighted by Crippen LogP contribution is 2.36. The number of nitrogens with zero attached hydrogens (tertiary/aromatic N) is 2. The molecule has 0 radical (unpaired) electrons. The van der Waals surface area contributed by atoms with Crippen molar-refractivity contribution in [1.82, 2.24) is 4.98 Å². The number of ether oxygens (including phenoxy) is 1. The topological polar surface area (TPSA) is 59.5 Å². The molecule has 5 nitrogen and oxygen atoms in total. The molecule has 0 amide bonds. The van der Waals surface area contributed by atoms with Gasteiger partial charge in [-0.25, -0.2) is 4.98 Å². The summed E-state index contributed by atoms with van der Waals surface area (Å²) in [7, 11) is 0. The van der Waals surface area contributed by atoms with Gasteiger partial charge in [-0.1, -0.05) is 20.8 Å². The van der Waals surface area contributed by atoms with E-state index in [0.717, 1.165) is 6.07 Å². The van der Waals surface area contributed by atoms with Crippen LogP contribution in [0.3, 0.4) is 0 Å². The van der Waals surface area contributed by atoms with Crippen molar-refractivity contribution >= 4 is 17.6 Å². The lowest BCUT2D eigenvalue weighted by atomic mass is 9.91. The maximum atomic E-state index is 13.2. The van der Waals surface area contributed by atoms with Crippen molar-refractivity contribution in [2.75, 3.05) is 24.6 Å². The summed E-state index contributed by atoms with van der Waals surface area (Å²) in [6, 6.07) is 2.21. The lowest BCUT2D eigenvalue weighted by molar-refractivity contribution is -0.154. The minimum Gasteiger partial charge on any atom is -0.457 e. The highest BCUT2D eigenvalue weighted by atomic mass is 19.4. The number of halogens is 3. The van der Waals surface area contributed by atoms with Gasteiger partial charge in [0.2, 0.25) is 0 Å². The average Bonchev–Trinajstić information content (AvgIpc) is 2.58. The number of carbonyl (C=O) groups is 2. The third kappa shape index (κ3) is 4.95. The van der Waals surface area contributed by atoms with Crippen molar-refractivity contribution < 1.29 is 27.5 Å². The minimum absolute atomic E-state index is 0.0859. The normalized spacial score (nSPS) is 18.5. The SMILES string of the molecule is CC(C)(C)C(=O)COC(=O)C1CCCN(c2ncccc2C(F)(F)F)C1. The molecule has 0 aliphatic carbocycles. The summed E-state index contributed by atoms with van der Waals surface area (Å²) >= 11 is 0. The van der Waals surface area contributed by atoms with Crippen molar-refractivity contribution in [3.05, 3.63) is 23.9 Å². The third-order valence-corrected chi connectivity index (χ3v) is 4.33. The van der Waals surface area contributed by atoms with Crippen LogP contribution in [0.1, 0.15) is 39.2 Å². The summed E-state index contributed by atoms with van der Waals surface area (Å²) in [5, 5.41) is 0. The molecule has 0 bridgehead atoms. The van der Waals surface area contributed by atoms with E-state index in [9.17, 15) is 22.8 Å². The first-order chi connectivity index (χ1) is 12.0. The second kappa shape index (κ2) is 7.63. The lowest BCUT2D eigenvalue weighted by Gasteiger charge is -2.33. The molecule has 1 aliphatic heterocycles. The van der Waals surface area contributed by atoms with Crippen molar-refractivity contribution in [1.29, 1.82) is 0 Å². The smallest absolute Gasteiger partial charge is 0.419 e. The Balaban J connectivity index is 2.06. The van der Waals surface area contributed by atoms with Crippen molar-refractivity contribution in [3.63, 3.8) is 0 Å². The molecule has 1 aromatic heterocycles. The number of pyridine rings is 1. The fourth-order valence-corrected chi connectivity index (χ4v) is 2.70. The molecular formula is C18H23F3N2O3. The molecule has 1 aromatic rings. The Morgan fingerprint density at radius 2 is 2.00 bits per heavy atom. The van der Waals surface area contributed by atoms with Crippen LogP contribution in [0.5, 0.6) is 0 Å². The standard InChI is InChI=1S/C18H23F3N2O3/c1-17(2,3)14(24)11-26-16(25)12-6-5-9-23(10-12)15-13(18(19,20)21)7-4-8-22-15/h4,7-8,12H,5-6,9-11H2,1-3H3. The molecule has 1 unspecified atom stereocenters. The Hall–Kier alpha value is -2.12. The van der Waals surface area contributed by atoms with Gasteiger partial charge >= 0.3 is 12.1 Å². The largest absolute Gasteiger partial charge is 0.457 e. The molecule has 0 spiro atoms. The first-order valence-electron chi connectivity index (χ1n) is 8.47. The van der Waals surface area contributed by atoms with Crippen LogP contribution in [0, 0.1) is 11.3 Å². The van der Waals surface area contributed by atoms with E-state index < -0.39 is 29.0 Å². The maximum Gasteiger partial charge on any atom is 0.419 e. The molecule has 2 heterocycles. The zero-order valence-electron chi connectivity index (χ0n) is 15.1. The van der Waals surface area contributed by atoms with Crippen molar-refractivity contribution in [2.24, 2.45) is 11.3 Å². The third-order valence-electron chi connectivity index (χ3n) is 4.33. The number of piperidine rings is 1. The number of esters is 1. The summed E-state index contributed by atoms with van der Waals surface area (Å²) in [5.74, 6) is -1.53. The fraction of sp³-hybridized carbons (Fsp3) is 0.611. The van der Waals surface area contributed by atoms with Gasteiger partial charge in [0.1, 0.15) is 5.82 Å². The number of anilines is 1. The summed E-state index contributed by atoms with van der Waals surface area (Å²) in [6.45, 7) is 5.32. The van der Waals surface area contributed by atoms with Crippen molar-refractivity contribution in [2.45, 2.75) is 39.8 Å². The number of hydrogen-bond acceptors (Lipinski definition) is 5. The van der Waals surface area contributed by atoms with E-state index in [1.807, 2.05) is 0 Å². The van der Waals surface area contributed by atoms with Crippen LogP contribution in [-0.2, 0) is 20.5 Å². The quantitative estimate of drug-likeness (QED) is 0.758. The molecule has 1 fully saturated rings.